The molecule has 0 saturated heterocycles. The highest BCUT2D eigenvalue weighted by Crippen LogP contribution is 2.35. The number of amides is 1. The molecule has 1 amide bonds. The maximum Gasteiger partial charge on any atom is 0.410 e. The number of carbonyl (C=O) groups is 1. The molecule has 0 radical (unpaired) electrons. The van der Waals surface area contributed by atoms with Crippen molar-refractivity contribution in [3.63, 3.8) is 0 Å². The van der Waals surface area contributed by atoms with E-state index in [-0.39, 0.29) is 17.9 Å². The summed E-state index contributed by atoms with van der Waals surface area (Å²) in [6.07, 6.45) is 4.08. The van der Waals surface area contributed by atoms with Crippen molar-refractivity contribution in [3.05, 3.63) is 83.9 Å². The van der Waals surface area contributed by atoms with E-state index in [4.69, 9.17) is 4.74 Å². The molecule has 0 N–H and O–H groups in total. The Kier molecular flexibility index (Phi) is 5.46. The SMILES string of the molecule is CC(C)(C)OC(=O)N1CC=CC(C(c2ccccc2)c2ccccc2)C1. The summed E-state index contributed by atoms with van der Waals surface area (Å²) in [7, 11) is 0. The summed E-state index contributed by atoms with van der Waals surface area (Å²) in [5, 5.41) is 0. The van der Waals surface area contributed by atoms with Crippen molar-refractivity contribution < 1.29 is 9.53 Å². The summed E-state index contributed by atoms with van der Waals surface area (Å²) in [6.45, 7) is 6.96. The lowest BCUT2D eigenvalue weighted by Crippen LogP contribution is -2.42. The second kappa shape index (κ2) is 7.77. The molecule has 1 atom stereocenters. The minimum Gasteiger partial charge on any atom is -0.444 e. The van der Waals surface area contributed by atoms with Crippen LogP contribution in [0.4, 0.5) is 4.79 Å². The first-order valence-electron chi connectivity index (χ1n) is 9.18. The van der Waals surface area contributed by atoms with Crippen LogP contribution in [-0.4, -0.2) is 29.7 Å². The first kappa shape index (κ1) is 18.2. The molecule has 2 aromatic carbocycles. The summed E-state index contributed by atoms with van der Waals surface area (Å²) in [5.74, 6) is 0.417. The van der Waals surface area contributed by atoms with Crippen molar-refractivity contribution in [2.24, 2.45) is 5.92 Å². The minimum atomic E-state index is -0.480. The molecule has 1 aliphatic heterocycles. The fourth-order valence-electron chi connectivity index (χ4n) is 3.45. The first-order chi connectivity index (χ1) is 12.4. The Bertz CT molecular complexity index is 707. The molecule has 3 nitrogen and oxygen atoms in total. The second-order valence-corrected chi connectivity index (χ2v) is 7.78. The molecule has 3 rings (SSSR count). The van der Waals surface area contributed by atoms with Crippen LogP contribution in [0.3, 0.4) is 0 Å². The van der Waals surface area contributed by atoms with Gasteiger partial charge < -0.3 is 9.64 Å². The van der Waals surface area contributed by atoms with Crippen molar-refractivity contribution >= 4 is 6.09 Å². The molecular formula is C23H27NO2. The summed E-state index contributed by atoms with van der Waals surface area (Å²) in [5.41, 5.74) is 2.05. The third-order valence-corrected chi connectivity index (χ3v) is 4.54. The lowest BCUT2D eigenvalue weighted by Gasteiger charge is -2.35. The molecule has 26 heavy (non-hydrogen) atoms. The van der Waals surface area contributed by atoms with Gasteiger partial charge in [-0.1, -0.05) is 72.8 Å². The molecule has 1 aliphatic rings. The largest absolute Gasteiger partial charge is 0.444 e. The molecule has 0 fully saturated rings. The van der Waals surface area contributed by atoms with Crippen molar-refractivity contribution in [3.8, 4) is 0 Å². The normalized spacial score (nSPS) is 17.4. The van der Waals surface area contributed by atoms with Crippen molar-refractivity contribution in [1.82, 2.24) is 4.90 Å². The van der Waals surface area contributed by atoms with Gasteiger partial charge in [-0.05, 0) is 31.9 Å². The fourth-order valence-corrected chi connectivity index (χ4v) is 3.45. The van der Waals surface area contributed by atoms with E-state index in [0.717, 1.165) is 0 Å². The van der Waals surface area contributed by atoms with Gasteiger partial charge in [0.2, 0.25) is 0 Å². The lowest BCUT2D eigenvalue weighted by atomic mass is 9.79. The lowest BCUT2D eigenvalue weighted by molar-refractivity contribution is 0.0240. The van der Waals surface area contributed by atoms with Gasteiger partial charge in [-0.3, -0.25) is 0 Å². The van der Waals surface area contributed by atoms with E-state index in [2.05, 4.69) is 60.7 Å². The van der Waals surface area contributed by atoms with Gasteiger partial charge >= 0.3 is 6.09 Å². The molecule has 1 heterocycles. The number of carbonyl (C=O) groups excluding carboxylic acids is 1. The number of ether oxygens (including phenoxy) is 1. The molecule has 1 unspecified atom stereocenters. The minimum absolute atomic E-state index is 0.207. The van der Waals surface area contributed by atoms with E-state index < -0.39 is 5.60 Å². The van der Waals surface area contributed by atoms with Gasteiger partial charge in [-0.25, -0.2) is 4.79 Å². The van der Waals surface area contributed by atoms with Crippen molar-refractivity contribution in [1.29, 1.82) is 0 Å². The highest BCUT2D eigenvalue weighted by Gasteiger charge is 2.30. The van der Waals surface area contributed by atoms with Gasteiger partial charge in [-0.15, -0.1) is 0 Å². The van der Waals surface area contributed by atoms with Crippen LogP contribution in [-0.2, 0) is 4.74 Å². The average Bonchev–Trinajstić information content (AvgIpc) is 2.63. The standard InChI is InChI=1S/C23H27NO2/c1-23(2,3)26-22(25)24-16-10-15-20(17-24)21(18-11-6-4-7-12-18)19-13-8-5-9-14-19/h4-15,20-21H,16-17H2,1-3H3. The van der Waals surface area contributed by atoms with Crippen LogP contribution in [0.25, 0.3) is 0 Å². The second-order valence-electron chi connectivity index (χ2n) is 7.78. The number of hydrogen-bond donors (Lipinski definition) is 0. The zero-order valence-corrected chi connectivity index (χ0v) is 15.8. The summed E-state index contributed by atoms with van der Waals surface area (Å²) in [6, 6.07) is 21.0. The molecule has 0 spiro atoms. The molecule has 0 aromatic heterocycles. The molecule has 3 heteroatoms. The number of benzene rings is 2. The topological polar surface area (TPSA) is 29.5 Å². The molecule has 136 valence electrons. The van der Waals surface area contributed by atoms with Crippen LogP contribution in [0.5, 0.6) is 0 Å². The van der Waals surface area contributed by atoms with E-state index in [1.807, 2.05) is 32.9 Å². The summed E-state index contributed by atoms with van der Waals surface area (Å²) in [4.78, 5) is 14.3. The van der Waals surface area contributed by atoms with Gasteiger partial charge in [0.25, 0.3) is 0 Å². The van der Waals surface area contributed by atoms with Crippen LogP contribution in [0, 0.1) is 5.92 Å². The zero-order chi connectivity index (χ0) is 18.6. The Hall–Kier alpha value is -2.55. The smallest absolute Gasteiger partial charge is 0.410 e. The predicted octanol–water partition coefficient (Wildman–Crippen LogP) is 5.24. The Morgan fingerprint density at radius 2 is 1.54 bits per heavy atom. The van der Waals surface area contributed by atoms with Crippen LogP contribution in [0.2, 0.25) is 0 Å². The average molecular weight is 349 g/mol. The molecule has 0 bridgehead atoms. The van der Waals surface area contributed by atoms with E-state index in [0.29, 0.717) is 13.1 Å². The van der Waals surface area contributed by atoms with E-state index in [9.17, 15) is 4.79 Å². The predicted molar refractivity (Wildman–Crippen MR) is 105 cm³/mol. The van der Waals surface area contributed by atoms with Crippen LogP contribution >= 0.6 is 0 Å². The quantitative estimate of drug-likeness (QED) is 0.709. The Balaban J connectivity index is 1.87. The third kappa shape index (κ3) is 4.54. The number of nitrogens with zero attached hydrogens (tertiary/aromatic N) is 1. The van der Waals surface area contributed by atoms with Gasteiger partial charge in [0.05, 0.1) is 0 Å². The van der Waals surface area contributed by atoms with Crippen LogP contribution in [0.1, 0.15) is 37.8 Å². The molecular weight excluding hydrogens is 322 g/mol. The third-order valence-electron chi connectivity index (χ3n) is 4.54. The summed E-state index contributed by atoms with van der Waals surface area (Å²) >= 11 is 0. The van der Waals surface area contributed by atoms with Crippen molar-refractivity contribution in [2.45, 2.75) is 32.3 Å². The first-order valence-corrected chi connectivity index (χ1v) is 9.18. The highest BCUT2D eigenvalue weighted by molar-refractivity contribution is 5.68. The van der Waals surface area contributed by atoms with Gasteiger partial charge in [0, 0.05) is 24.9 Å². The maximum atomic E-state index is 12.5. The number of hydrogen-bond acceptors (Lipinski definition) is 2. The molecule has 2 aromatic rings. The number of rotatable bonds is 3. The van der Waals surface area contributed by atoms with E-state index in [1.54, 1.807) is 4.90 Å². The van der Waals surface area contributed by atoms with Gasteiger partial charge in [0.15, 0.2) is 0 Å². The maximum absolute atomic E-state index is 12.5. The Morgan fingerprint density at radius 1 is 1.00 bits per heavy atom. The fraction of sp³-hybridized carbons (Fsp3) is 0.348. The summed E-state index contributed by atoms with van der Waals surface area (Å²) < 4.78 is 5.57. The van der Waals surface area contributed by atoms with Gasteiger partial charge in [0.1, 0.15) is 5.60 Å². The van der Waals surface area contributed by atoms with Crippen molar-refractivity contribution in [2.75, 3.05) is 13.1 Å². The Labute approximate surface area is 156 Å². The van der Waals surface area contributed by atoms with Crippen LogP contribution in [0.15, 0.2) is 72.8 Å². The van der Waals surface area contributed by atoms with E-state index >= 15 is 0 Å². The van der Waals surface area contributed by atoms with Gasteiger partial charge in [-0.2, -0.15) is 0 Å². The Morgan fingerprint density at radius 3 is 2.04 bits per heavy atom. The zero-order valence-electron chi connectivity index (χ0n) is 15.8. The highest BCUT2D eigenvalue weighted by atomic mass is 16.6. The van der Waals surface area contributed by atoms with Crippen LogP contribution < -0.4 is 0 Å². The van der Waals surface area contributed by atoms with E-state index in [1.165, 1.54) is 11.1 Å². The molecule has 0 aliphatic carbocycles. The monoisotopic (exact) mass is 349 g/mol. The molecule has 0 saturated carbocycles.